The van der Waals surface area contributed by atoms with Crippen LogP contribution in [0.15, 0.2) is 18.2 Å². The molecule has 1 unspecified atom stereocenters. The van der Waals surface area contributed by atoms with Crippen LogP contribution in [0.2, 0.25) is 5.02 Å². The van der Waals surface area contributed by atoms with Crippen molar-refractivity contribution in [3.63, 3.8) is 0 Å². The predicted octanol–water partition coefficient (Wildman–Crippen LogP) is 3.55. The van der Waals surface area contributed by atoms with Crippen LogP contribution < -0.4 is 10.1 Å². The third-order valence-electron chi connectivity index (χ3n) is 3.01. The SMILES string of the molecule is CCNC(C)c1cc(Cl)ccc1OCCCCCO. The summed E-state index contributed by atoms with van der Waals surface area (Å²) in [4.78, 5) is 0. The van der Waals surface area contributed by atoms with E-state index < -0.39 is 0 Å². The number of nitrogens with one attached hydrogen (secondary N) is 1. The van der Waals surface area contributed by atoms with Gasteiger partial charge in [-0.25, -0.2) is 0 Å². The summed E-state index contributed by atoms with van der Waals surface area (Å²) in [5.74, 6) is 0.891. The Kier molecular flexibility index (Phi) is 7.87. The Hall–Kier alpha value is -0.770. The molecule has 0 aliphatic rings. The monoisotopic (exact) mass is 285 g/mol. The summed E-state index contributed by atoms with van der Waals surface area (Å²) in [5.41, 5.74) is 1.09. The lowest BCUT2D eigenvalue weighted by atomic mass is 10.1. The molecule has 19 heavy (non-hydrogen) atoms. The van der Waals surface area contributed by atoms with E-state index in [1.54, 1.807) is 0 Å². The van der Waals surface area contributed by atoms with Gasteiger partial charge in [-0.3, -0.25) is 0 Å². The van der Waals surface area contributed by atoms with Gasteiger partial charge in [0.1, 0.15) is 5.75 Å². The molecule has 0 saturated heterocycles. The fourth-order valence-corrected chi connectivity index (χ4v) is 2.16. The third-order valence-corrected chi connectivity index (χ3v) is 3.24. The van der Waals surface area contributed by atoms with Gasteiger partial charge in [0.2, 0.25) is 0 Å². The molecular weight excluding hydrogens is 262 g/mol. The zero-order valence-electron chi connectivity index (χ0n) is 11.8. The van der Waals surface area contributed by atoms with Gasteiger partial charge in [0.05, 0.1) is 6.61 Å². The molecule has 0 aliphatic carbocycles. The summed E-state index contributed by atoms with van der Waals surface area (Å²) in [7, 11) is 0. The number of ether oxygens (including phenoxy) is 1. The van der Waals surface area contributed by atoms with Crippen LogP contribution >= 0.6 is 11.6 Å². The molecule has 4 heteroatoms. The normalized spacial score (nSPS) is 12.4. The van der Waals surface area contributed by atoms with Crippen LogP contribution in [-0.4, -0.2) is 24.9 Å². The van der Waals surface area contributed by atoms with E-state index in [0.29, 0.717) is 6.61 Å². The minimum atomic E-state index is 0.219. The van der Waals surface area contributed by atoms with Crippen molar-refractivity contribution in [2.24, 2.45) is 0 Å². The summed E-state index contributed by atoms with van der Waals surface area (Å²) in [5, 5.41) is 12.8. The largest absolute Gasteiger partial charge is 0.493 e. The first-order valence-electron chi connectivity index (χ1n) is 6.95. The molecular formula is C15H24ClNO2. The van der Waals surface area contributed by atoms with Crippen molar-refractivity contribution in [1.82, 2.24) is 5.32 Å². The Bertz CT molecular complexity index is 371. The summed E-state index contributed by atoms with van der Waals surface area (Å²) in [6.07, 6.45) is 2.78. The number of rotatable bonds is 9. The van der Waals surface area contributed by atoms with Gasteiger partial charge in [-0.2, -0.15) is 0 Å². The number of halogens is 1. The van der Waals surface area contributed by atoms with Crippen molar-refractivity contribution in [3.05, 3.63) is 28.8 Å². The molecule has 0 spiro atoms. The van der Waals surface area contributed by atoms with Gasteiger partial charge in [-0.15, -0.1) is 0 Å². The average molecular weight is 286 g/mol. The topological polar surface area (TPSA) is 41.5 Å². The first kappa shape index (κ1) is 16.3. The minimum Gasteiger partial charge on any atom is -0.493 e. The molecule has 0 amide bonds. The Balaban J connectivity index is 2.60. The highest BCUT2D eigenvalue weighted by atomic mass is 35.5. The van der Waals surface area contributed by atoms with E-state index in [1.165, 1.54) is 0 Å². The van der Waals surface area contributed by atoms with Crippen molar-refractivity contribution >= 4 is 11.6 Å². The quantitative estimate of drug-likeness (QED) is 0.682. The van der Waals surface area contributed by atoms with Crippen LogP contribution in [0.4, 0.5) is 0 Å². The highest BCUT2D eigenvalue weighted by molar-refractivity contribution is 6.30. The number of aliphatic hydroxyl groups is 1. The predicted molar refractivity (Wildman–Crippen MR) is 80.0 cm³/mol. The Morgan fingerprint density at radius 1 is 1.32 bits per heavy atom. The zero-order chi connectivity index (χ0) is 14.1. The molecule has 0 fully saturated rings. The molecule has 2 N–H and O–H groups in total. The molecule has 0 bridgehead atoms. The number of hydrogen-bond acceptors (Lipinski definition) is 3. The molecule has 0 radical (unpaired) electrons. The van der Waals surface area contributed by atoms with Gasteiger partial charge >= 0.3 is 0 Å². The van der Waals surface area contributed by atoms with Gasteiger partial charge in [-0.05, 0) is 50.9 Å². The van der Waals surface area contributed by atoms with E-state index in [2.05, 4.69) is 19.2 Å². The second-order valence-electron chi connectivity index (χ2n) is 4.59. The lowest BCUT2D eigenvalue weighted by Gasteiger charge is -2.18. The minimum absolute atomic E-state index is 0.219. The van der Waals surface area contributed by atoms with E-state index in [0.717, 1.165) is 42.1 Å². The molecule has 1 rings (SSSR count). The van der Waals surface area contributed by atoms with Crippen LogP contribution in [-0.2, 0) is 0 Å². The summed E-state index contributed by atoms with van der Waals surface area (Å²) >= 11 is 6.05. The Labute approximate surface area is 120 Å². The van der Waals surface area contributed by atoms with Gasteiger partial charge in [0.15, 0.2) is 0 Å². The van der Waals surface area contributed by atoms with Gasteiger partial charge in [0, 0.05) is 23.2 Å². The number of unbranched alkanes of at least 4 members (excludes halogenated alkanes) is 2. The molecule has 1 atom stereocenters. The smallest absolute Gasteiger partial charge is 0.124 e. The van der Waals surface area contributed by atoms with Gasteiger partial charge in [0.25, 0.3) is 0 Å². The van der Waals surface area contributed by atoms with Crippen molar-refractivity contribution in [2.75, 3.05) is 19.8 Å². The lowest BCUT2D eigenvalue weighted by molar-refractivity contribution is 0.264. The third kappa shape index (κ3) is 5.81. The highest BCUT2D eigenvalue weighted by Crippen LogP contribution is 2.28. The fraction of sp³-hybridized carbons (Fsp3) is 0.600. The first-order valence-corrected chi connectivity index (χ1v) is 7.33. The zero-order valence-corrected chi connectivity index (χ0v) is 12.5. The van der Waals surface area contributed by atoms with Crippen molar-refractivity contribution in [1.29, 1.82) is 0 Å². The second kappa shape index (κ2) is 9.18. The second-order valence-corrected chi connectivity index (χ2v) is 5.03. The van der Waals surface area contributed by atoms with E-state index in [4.69, 9.17) is 21.4 Å². The van der Waals surface area contributed by atoms with E-state index in [1.807, 2.05) is 18.2 Å². The molecule has 3 nitrogen and oxygen atoms in total. The fourth-order valence-electron chi connectivity index (χ4n) is 1.98. The number of benzene rings is 1. The van der Waals surface area contributed by atoms with Crippen LogP contribution in [0.1, 0.15) is 44.7 Å². The summed E-state index contributed by atoms with van der Waals surface area (Å²) < 4.78 is 5.83. The molecule has 0 heterocycles. The van der Waals surface area contributed by atoms with Crippen LogP contribution in [0.5, 0.6) is 5.75 Å². The molecule has 1 aromatic rings. The van der Waals surface area contributed by atoms with E-state index >= 15 is 0 Å². The van der Waals surface area contributed by atoms with Crippen LogP contribution in [0, 0.1) is 0 Å². The maximum Gasteiger partial charge on any atom is 0.124 e. The average Bonchev–Trinajstić information content (AvgIpc) is 2.40. The Morgan fingerprint density at radius 3 is 2.79 bits per heavy atom. The first-order chi connectivity index (χ1) is 9.19. The summed E-state index contributed by atoms with van der Waals surface area (Å²) in [6, 6.07) is 5.96. The molecule has 1 aromatic carbocycles. The standard InChI is InChI=1S/C15H24ClNO2/c1-3-17-12(2)14-11-13(16)7-8-15(14)19-10-6-4-5-9-18/h7-8,11-12,17-18H,3-6,9-10H2,1-2H3. The number of aliphatic hydroxyl groups excluding tert-OH is 1. The number of hydrogen-bond donors (Lipinski definition) is 2. The van der Waals surface area contributed by atoms with Crippen molar-refractivity contribution < 1.29 is 9.84 Å². The van der Waals surface area contributed by atoms with E-state index in [9.17, 15) is 0 Å². The molecule has 0 saturated carbocycles. The van der Waals surface area contributed by atoms with Crippen molar-refractivity contribution in [3.8, 4) is 5.75 Å². The van der Waals surface area contributed by atoms with Crippen LogP contribution in [0.3, 0.4) is 0 Å². The molecule has 0 aliphatic heterocycles. The highest BCUT2D eigenvalue weighted by Gasteiger charge is 2.11. The van der Waals surface area contributed by atoms with Crippen molar-refractivity contribution in [2.45, 2.75) is 39.2 Å². The van der Waals surface area contributed by atoms with Gasteiger partial charge in [-0.1, -0.05) is 18.5 Å². The van der Waals surface area contributed by atoms with E-state index in [-0.39, 0.29) is 12.6 Å². The molecule has 0 aromatic heterocycles. The molecule has 108 valence electrons. The summed E-state index contributed by atoms with van der Waals surface area (Å²) in [6.45, 7) is 6.02. The maximum atomic E-state index is 8.73. The maximum absolute atomic E-state index is 8.73. The van der Waals surface area contributed by atoms with Gasteiger partial charge < -0.3 is 15.2 Å². The Morgan fingerprint density at radius 2 is 2.11 bits per heavy atom. The van der Waals surface area contributed by atoms with Crippen LogP contribution in [0.25, 0.3) is 0 Å². The lowest BCUT2D eigenvalue weighted by Crippen LogP contribution is -2.18.